The zero-order valence-corrected chi connectivity index (χ0v) is 19.8. The Morgan fingerprint density at radius 2 is 1.08 bits per heavy atom. The van der Waals surface area contributed by atoms with Crippen molar-refractivity contribution in [2.24, 2.45) is 0 Å². The number of pyridine rings is 2. The Bertz CT molecular complexity index is 1790. The summed E-state index contributed by atoms with van der Waals surface area (Å²) < 4.78 is 18.3. The lowest BCUT2D eigenvalue weighted by Crippen LogP contribution is -2.15. The Labute approximate surface area is 215 Å². The summed E-state index contributed by atoms with van der Waals surface area (Å²) in [5, 5.41) is 0. The number of para-hydroxylation sites is 4. The van der Waals surface area contributed by atoms with Gasteiger partial charge in [-0.3, -0.25) is 0 Å². The molecule has 0 bridgehead atoms. The summed E-state index contributed by atoms with van der Waals surface area (Å²) >= 11 is 0. The number of ether oxygens (including phenoxy) is 1. The van der Waals surface area contributed by atoms with Crippen molar-refractivity contribution in [1.82, 2.24) is 19.9 Å². The van der Waals surface area contributed by atoms with Crippen LogP contribution in [0.25, 0.3) is 45.4 Å². The maximum absolute atomic E-state index is 6.22. The van der Waals surface area contributed by atoms with E-state index in [9.17, 15) is 0 Å². The summed E-state index contributed by atoms with van der Waals surface area (Å²) in [5.74, 6) is 2.42. The highest BCUT2D eigenvalue weighted by molar-refractivity contribution is 5.89. The van der Waals surface area contributed by atoms with Gasteiger partial charge in [0.15, 0.2) is 11.5 Å². The fraction of sp³-hybridized carbons (Fsp3) is 0. The summed E-state index contributed by atoms with van der Waals surface area (Å²) in [6, 6.07) is 29.3. The van der Waals surface area contributed by atoms with Gasteiger partial charge in [0.1, 0.15) is 11.0 Å². The van der Waals surface area contributed by atoms with Crippen LogP contribution < -0.4 is 9.64 Å². The number of aromatic nitrogens is 4. The molecule has 0 fully saturated rings. The molecule has 8 rings (SSSR count). The minimum Gasteiger partial charge on any atom is -0.453 e. The molecule has 1 aliphatic heterocycles. The van der Waals surface area contributed by atoms with Crippen molar-refractivity contribution in [2.75, 3.05) is 4.90 Å². The van der Waals surface area contributed by atoms with E-state index in [0.717, 1.165) is 39.7 Å². The summed E-state index contributed by atoms with van der Waals surface area (Å²) in [6.07, 6.45) is 3.37. The molecule has 38 heavy (non-hydrogen) atoms. The van der Waals surface area contributed by atoms with Gasteiger partial charge in [-0.1, -0.05) is 24.3 Å². The van der Waals surface area contributed by atoms with E-state index in [4.69, 9.17) is 23.5 Å². The largest absolute Gasteiger partial charge is 0.453 e. The predicted octanol–water partition coefficient (Wildman–Crippen LogP) is 7.67. The summed E-state index contributed by atoms with van der Waals surface area (Å²) in [5.41, 5.74) is 6.52. The molecule has 180 valence electrons. The van der Waals surface area contributed by atoms with E-state index in [-0.39, 0.29) is 0 Å². The van der Waals surface area contributed by atoms with Gasteiger partial charge < -0.3 is 18.5 Å². The summed E-state index contributed by atoms with van der Waals surface area (Å²) in [6.45, 7) is 0. The van der Waals surface area contributed by atoms with Crippen molar-refractivity contribution in [3.05, 3.63) is 103 Å². The van der Waals surface area contributed by atoms with Crippen LogP contribution in [0.1, 0.15) is 0 Å². The average molecular weight is 495 g/mol. The molecule has 0 spiro atoms. The molecule has 0 N–H and O–H groups in total. The van der Waals surface area contributed by atoms with Gasteiger partial charge in [0, 0.05) is 29.2 Å². The molecule has 5 heterocycles. The Morgan fingerprint density at radius 3 is 1.61 bits per heavy atom. The minimum atomic E-state index is 0.450. The van der Waals surface area contributed by atoms with Crippen LogP contribution in [0.2, 0.25) is 0 Å². The summed E-state index contributed by atoms with van der Waals surface area (Å²) in [4.78, 5) is 20.2. The molecule has 0 aliphatic carbocycles. The molecule has 1 aliphatic rings. The predicted molar refractivity (Wildman–Crippen MR) is 143 cm³/mol. The van der Waals surface area contributed by atoms with E-state index in [1.807, 2.05) is 91.0 Å². The maximum atomic E-state index is 6.22. The molecule has 0 saturated carbocycles. The number of anilines is 3. The monoisotopic (exact) mass is 495 g/mol. The van der Waals surface area contributed by atoms with E-state index in [0.29, 0.717) is 34.2 Å². The Kier molecular flexibility index (Phi) is 4.35. The molecule has 0 unspecified atom stereocenters. The molecular weight excluding hydrogens is 478 g/mol. The minimum absolute atomic E-state index is 0.450. The number of rotatable bonds is 3. The van der Waals surface area contributed by atoms with Gasteiger partial charge in [-0.15, -0.1) is 0 Å². The van der Waals surface area contributed by atoms with Gasteiger partial charge in [-0.05, 0) is 66.7 Å². The second-order valence-corrected chi connectivity index (χ2v) is 8.83. The van der Waals surface area contributed by atoms with Crippen LogP contribution in [0.4, 0.5) is 17.1 Å². The molecule has 3 aromatic carbocycles. The van der Waals surface area contributed by atoms with E-state index in [1.54, 1.807) is 12.4 Å². The first-order valence-corrected chi connectivity index (χ1v) is 12.1. The third-order valence-electron chi connectivity index (χ3n) is 6.43. The number of benzene rings is 3. The second kappa shape index (κ2) is 8.01. The van der Waals surface area contributed by atoms with Gasteiger partial charge in [-0.25, -0.2) is 19.9 Å². The first-order chi connectivity index (χ1) is 18.8. The van der Waals surface area contributed by atoms with Gasteiger partial charge in [0.05, 0.1) is 11.4 Å². The fourth-order valence-corrected chi connectivity index (χ4v) is 4.76. The van der Waals surface area contributed by atoms with Crippen molar-refractivity contribution >= 4 is 39.5 Å². The van der Waals surface area contributed by atoms with Crippen molar-refractivity contribution < 1.29 is 13.6 Å². The number of hydrogen-bond donors (Lipinski definition) is 0. The second-order valence-electron chi connectivity index (χ2n) is 8.83. The van der Waals surface area contributed by atoms with Gasteiger partial charge in [0.25, 0.3) is 0 Å². The van der Waals surface area contributed by atoms with Gasteiger partial charge in [0.2, 0.25) is 23.2 Å². The van der Waals surface area contributed by atoms with Crippen LogP contribution >= 0.6 is 0 Å². The van der Waals surface area contributed by atoms with Crippen LogP contribution in [0.3, 0.4) is 0 Å². The van der Waals surface area contributed by atoms with Crippen LogP contribution in [0.5, 0.6) is 11.5 Å². The number of hydrogen-bond acceptors (Lipinski definition) is 8. The first-order valence-electron chi connectivity index (χ1n) is 12.1. The summed E-state index contributed by atoms with van der Waals surface area (Å²) in [7, 11) is 0. The van der Waals surface area contributed by atoms with Crippen molar-refractivity contribution in [1.29, 1.82) is 0 Å². The van der Waals surface area contributed by atoms with Gasteiger partial charge >= 0.3 is 0 Å². The lowest BCUT2D eigenvalue weighted by atomic mass is 10.1. The first kappa shape index (κ1) is 20.7. The number of fused-ring (bicyclic) bond motifs is 4. The molecule has 4 aromatic heterocycles. The van der Waals surface area contributed by atoms with Crippen LogP contribution in [-0.2, 0) is 0 Å². The zero-order chi connectivity index (χ0) is 25.1. The van der Waals surface area contributed by atoms with Crippen molar-refractivity contribution in [3.8, 4) is 34.4 Å². The fourth-order valence-electron chi connectivity index (χ4n) is 4.76. The molecule has 7 aromatic rings. The molecule has 0 atom stereocenters. The quantitative estimate of drug-likeness (QED) is 0.247. The van der Waals surface area contributed by atoms with E-state index < -0.39 is 0 Å². The highest BCUT2D eigenvalue weighted by Crippen LogP contribution is 2.51. The normalized spacial score (nSPS) is 12.4. The lowest BCUT2D eigenvalue weighted by molar-refractivity contribution is 0.477. The number of nitrogens with zero attached hydrogens (tertiary/aromatic N) is 5. The molecule has 0 saturated heterocycles. The topological polar surface area (TPSA) is 90.3 Å². The number of oxazole rings is 2. The third-order valence-corrected chi connectivity index (χ3v) is 6.43. The average Bonchev–Trinajstić information content (AvgIpc) is 3.60. The van der Waals surface area contributed by atoms with Crippen molar-refractivity contribution in [3.63, 3.8) is 0 Å². The highest BCUT2D eigenvalue weighted by Gasteiger charge is 2.27. The zero-order valence-electron chi connectivity index (χ0n) is 19.8. The molecule has 0 radical (unpaired) electrons. The van der Waals surface area contributed by atoms with E-state index in [1.165, 1.54) is 0 Å². The Morgan fingerprint density at radius 1 is 0.553 bits per heavy atom. The molecule has 8 heteroatoms. The lowest BCUT2D eigenvalue weighted by Gasteiger charge is -2.33. The standard InChI is InChI=1S/C30H17N5O3/c1-3-11-25-23(9-1)35(24-10-2-4-12-26(24)36-25)20-16-18(27-33-21-7-5-13-31-29(21)37-27)15-19(17-20)28-34-22-8-6-14-32-30(22)38-28/h1-17H. The Balaban J connectivity index is 1.39. The van der Waals surface area contributed by atoms with Crippen LogP contribution in [0, 0.1) is 0 Å². The van der Waals surface area contributed by atoms with E-state index >= 15 is 0 Å². The van der Waals surface area contributed by atoms with Crippen LogP contribution in [-0.4, -0.2) is 19.9 Å². The maximum Gasteiger partial charge on any atom is 0.247 e. The van der Waals surface area contributed by atoms with Gasteiger partial charge in [-0.2, -0.15) is 0 Å². The van der Waals surface area contributed by atoms with Crippen molar-refractivity contribution in [2.45, 2.75) is 0 Å². The molecular formula is C30H17N5O3. The SMILES string of the molecule is c1ccc2c(c1)Oc1ccccc1N2c1cc(-c2nc3cccnc3o2)cc(-c2nc3cccnc3o2)c1. The third kappa shape index (κ3) is 3.24. The molecule has 0 amide bonds. The van der Waals surface area contributed by atoms with Crippen LogP contribution in [0.15, 0.2) is 112 Å². The van der Waals surface area contributed by atoms with E-state index in [2.05, 4.69) is 14.9 Å². The Hall–Kier alpha value is -5.50. The molecule has 8 nitrogen and oxygen atoms in total. The highest BCUT2D eigenvalue weighted by atomic mass is 16.5. The smallest absolute Gasteiger partial charge is 0.247 e.